The van der Waals surface area contributed by atoms with Crippen LogP contribution in [0.2, 0.25) is 0 Å². The van der Waals surface area contributed by atoms with Gasteiger partial charge < -0.3 is 9.80 Å². The van der Waals surface area contributed by atoms with E-state index in [9.17, 15) is 0 Å². The van der Waals surface area contributed by atoms with Gasteiger partial charge in [-0.05, 0) is 30.7 Å². The van der Waals surface area contributed by atoms with Crippen LogP contribution in [0.4, 0.5) is 0 Å². The van der Waals surface area contributed by atoms with Crippen LogP contribution in [0, 0.1) is 10.8 Å². The molecule has 1 saturated heterocycles. The van der Waals surface area contributed by atoms with Crippen molar-refractivity contribution in [3.05, 3.63) is 84.8 Å². The molecule has 0 amide bonds. The van der Waals surface area contributed by atoms with Crippen molar-refractivity contribution in [3.8, 4) is 0 Å². The summed E-state index contributed by atoms with van der Waals surface area (Å²) in [6.45, 7) is 9.59. The molecule has 152 valence electrons. The quantitative estimate of drug-likeness (QED) is 0.237. The van der Waals surface area contributed by atoms with E-state index in [1.54, 1.807) is 0 Å². The average molecular weight is 612 g/mol. The van der Waals surface area contributed by atoms with Crippen molar-refractivity contribution in [2.45, 2.75) is 32.6 Å². The monoisotopic (exact) mass is 612 g/mol. The van der Waals surface area contributed by atoms with Gasteiger partial charge in [-0.15, -0.1) is 0 Å². The number of nitrogens with zero attached hydrogens (tertiary/aromatic N) is 4. The molecule has 5 heterocycles. The zero-order valence-corrected chi connectivity index (χ0v) is 21.1. The Labute approximate surface area is 200 Å². The molecule has 0 aromatic rings. The lowest BCUT2D eigenvalue weighted by Crippen LogP contribution is -2.73. The van der Waals surface area contributed by atoms with Gasteiger partial charge >= 0.3 is 0 Å². The van der Waals surface area contributed by atoms with E-state index in [-0.39, 0.29) is 23.2 Å². The van der Waals surface area contributed by atoms with Crippen molar-refractivity contribution in [1.82, 2.24) is 19.8 Å². The molecular formula is C23H26I2N4. The molecule has 4 atom stereocenters. The third kappa shape index (κ3) is 2.47. The van der Waals surface area contributed by atoms with Gasteiger partial charge in [-0.2, -0.15) is 0 Å². The highest BCUT2D eigenvalue weighted by molar-refractivity contribution is 14.1. The van der Waals surface area contributed by atoms with E-state index in [0.717, 1.165) is 15.3 Å². The number of allylic oxidation sites excluding steroid dienone is 6. The molecule has 0 N–H and O–H groups in total. The predicted molar refractivity (Wildman–Crippen MR) is 135 cm³/mol. The summed E-state index contributed by atoms with van der Waals surface area (Å²) in [5.74, 6) is 0. The van der Waals surface area contributed by atoms with E-state index in [1.807, 2.05) is 0 Å². The first kappa shape index (κ1) is 19.8. The molecule has 4 unspecified atom stereocenters. The minimum atomic E-state index is -0.105. The normalized spacial score (nSPS) is 36.0. The summed E-state index contributed by atoms with van der Waals surface area (Å²) in [4.78, 5) is 4.91. The number of alkyl halides is 2. The second kappa shape index (κ2) is 6.93. The Hall–Kier alpha value is -1.16. The Morgan fingerprint density at radius 2 is 1.48 bits per heavy atom. The highest BCUT2D eigenvalue weighted by atomic mass is 127. The third-order valence-electron chi connectivity index (χ3n) is 7.45. The van der Waals surface area contributed by atoms with E-state index < -0.39 is 0 Å². The summed E-state index contributed by atoms with van der Waals surface area (Å²) in [6.07, 6.45) is 23.6. The van der Waals surface area contributed by atoms with Crippen molar-refractivity contribution in [3.63, 3.8) is 0 Å². The van der Waals surface area contributed by atoms with Gasteiger partial charge in [-0.25, -0.2) is 0 Å². The second-order valence-electron chi connectivity index (χ2n) is 8.63. The Balaban J connectivity index is 1.74. The molecule has 0 aromatic carbocycles. The Kier molecular flexibility index (Phi) is 4.73. The van der Waals surface area contributed by atoms with E-state index in [4.69, 9.17) is 0 Å². The summed E-state index contributed by atoms with van der Waals surface area (Å²) in [6, 6.07) is 0. The van der Waals surface area contributed by atoms with Gasteiger partial charge in [0.1, 0.15) is 12.3 Å². The van der Waals surface area contributed by atoms with Crippen LogP contribution in [0.15, 0.2) is 84.8 Å². The molecule has 0 spiro atoms. The van der Waals surface area contributed by atoms with Crippen LogP contribution in [-0.4, -0.2) is 41.0 Å². The largest absolute Gasteiger partial charge is 0.323 e. The van der Waals surface area contributed by atoms with Crippen LogP contribution in [-0.2, 0) is 0 Å². The number of hydrazine groups is 1. The maximum Gasteiger partial charge on any atom is 0.134 e. The number of hydrogen-bond donors (Lipinski definition) is 0. The summed E-state index contributed by atoms with van der Waals surface area (Å²) in [5.41, 5.74) is 3.73. The van der Waals surface area contributed by atoms with E-state index in [0.29, 0.717) is 0 Å². The molecule has 5 aliphatic rings. The minimum absolute atomic E-state index is 0.00364. The maximum absolute atomic E-state index is 4.65. The van der Waals surface area contributed by atoms with E-state index in [2.05, 4.69) is 147 Å². The topological polar surface area (TPSA) is 13.0 Å². The zero-order chi connectivity index (χ0) is 20.4. The Morgan fingerprint density at radius 3 is 2.03 bits per heavy atom. The van der Waals surface area contributed by atoms with E-state index >= 15 is 0 Å². The number of fused-ring (bicyclic) bond motifs is 7. The van der Waals surface area contributed by atoms with Gasteiger partial charge in [0.05, 0.1) is 11.4 Å². The molecule has 6 heteroatoms. The molecule has 0 saturated carbocycles. The molecule has 0 aromatic heterocycles. The van der Waals surface area contributed by atoms with Crippen LogP contribution >= 0.6 is 45.2 Å². The maximum atomic E-state index is 4.65. The van der Waals surface area contributed by atoms with E-state index in [1.165, 1.54) is 17.0 Å². The van der Waals surface area contributed by atoms with Gasteiger partial charge in [-0.3, -0.25) is 10.0 Å². The number of hydrogen-bond acceptors (Lipinski definition) is 4. The van der Waals surface area contributed by atoms with Crippen molar-refractivity contribution < 1.29 is 0 Å². The first-order chi connectivity index (χ1) is 14.0. The van der Waals surface area contributed by atoms with Gasteiger partial charge in [-0.1, -0.05) is 83.3 Å². The van der Waals surface area contributed by atoms with Crippen molar-refractivity contribution >= 4 is 45.2 Å². The van der Waals surface area contributed by atoms with Gasteiger partial charge in [0.15, 0.2) is 0 Å². The Morgan fingerprint density at radius 1 is 0.931 bits per heavy atom. The number of rotatable bonds is 4. The van der Waals surface area contributed by atoms with Crippen LogP contribution in [0.25, 0.3) is 0 Å². The summed E-state index contributed by atoms with van der Waals surface area (Å²) < 4.78 is 2.08. The molecule has 0 aliphatic carbocycles. The third-order valence-corrected chi connectivity index (χ3v) is 8.91. The zero-order valence-electron chi connectivity index (χ0n) is 16.8. The smallest absolute Gasteiger partial charge is 0.134 e. The first-order valence-electron chi connectivity index (χ1n) is 10.0. The number of halogens is 2. The van der Waals surface area contributed by atoms with Crippen LogP contribution in [0.3, 0.4) is 0 Å². The molecule has 5 aliphatic heterocycles. The predicted octanol–water partition coefficient (Wildman–Crippen LogP) is 5.48. The highest BCUT2D eigenvalue weighted by Gasteiger charge is 2.67. The summed E-state index contributed by atoms with van der Waals surface area (Å²) in [5, 5.41) is 4.93. The Bertz CT molecular complexity index is 929. The average Bonchev–Trinajstić information content (AvgIpc) is 3.31. The molecule has 1 fully saturated rings. The lowest BCUT2D eigenvalue weighted by atomic mass is 9.55. The van der Waals surface area contributed by atoms with Crippen LogP contribution in [0.5, 0.6) is 0 Å². The summed E-state index contributed by atoms with van der Waals surface area (Å²) >= 11 is 5.04. The molecule has 5 rings (SSSR count). The van der Waals surface area contributed by atoms with Crippen molar-refractivity contribution in [1.29, 1.82) is 0 Å². The fourth-order valence-electron chi connectivity index (χ4n) is 5.67. The fourth-order valence-corrected chi connectivity index (χ4v) is 7.58. The second-order valence-corrected chi connectivity index (χ2v) is 10.5. The highest BCUT2D eigenvalue weighted by Crippen LogP contribution is 2.62. The fraction of sp³-hybridized carbons (Fsp3) is 0.391. The summed E-state index contributed by atoms with van der Waals surface area (Å²) in [7, 11) is 0. The SMILES string of the molecule is C=C(CI)C1(C)C2N3C=CC=CC3=CN2N2C=C3C=CC=CN3C2C1(C)CCI. The minimum Gasteiger partial charge on any atom is -0.323 e. The molecule has 0 radical (unpaired) electrons. The van der Waals surface area contributed by atoms with Gasteiger partial charge in [0, 0.05) is 44.5 Å². The lowest BCUT2D eigenvalue weighted by molar-refractivity contribution is -0.218. The van der Waals surface area contributed by atoms with Gasteiger partial charge in [0.2, 0.25) is 0 Å². The lowest BCUT2D eigenvalue weighted by Gasteiger charge is -2.65. The molecule has 4 nitrogen and oxygen atoms in total. The van der Waals surface area contributed by atoms with Crippen molar-refractivity contribution in [2.24, 2.45) is 10.8 Å². The first-order valence-corrected chi connectivity index (χ1v) is 13.1. The molecular weight excluding hydrogens is 586 g/mol. The van der Waals surface area contributed by atoms with Crippen LogP contribution < -0.4 is 0 Å². The standard InChI is InChI=1S/C23H26I2N4/c1-17(14-25)23(3)21-27-13-7-5-9-19(27)16-29(21)28-15-18-8-4-6-12-26(18)20(28)22(23,2)10-11-24/h4-9,12-13,15-16,20-21H,1,10-11,14H2,2-3H3. The molecule has 0 bridgehead atoms. The van der Waals surface area contributed by atoms with Gasteiger partial charge in [0.25, 0.3) is 0 Å². The molecule has 29 heavy (non-hydrogen) atoms. The van der Waals surface area contributed by atoms with Crippen molar-refractivity contribution in [2.75, 3.05) is 8.86 Å². The van der Waals surface area contributed by atoms with Crippen LogP contribution in [0.1, 0.15) is 20.3 Å².